The van der Waals surface area contributed by atoms with Crippen LogP contribution in [-0.4, -0.2) is 55.1 Å². The number of nitrogens with zero attached hydrogens (tertiary/aromatic N) is 2. The molecule has 9 heteroatoms. The minimum Gasteiger partial charge on any atom is -0.352 e. The van der Waals surface area contributed by atoms with E-state index in [-0.39, 0.29) is 42.3 Å². The maximum Gasteiger partial charge on any atom is 0.243 e. The van der Waals surface area contributed by atoms with Crippen molar-refractivity contribution in [3.8, 4) is 0 Å². The largest absolute Gasteiger partial charge is 0.352 e. The Balaban J connectivity index is 1.54. The minimum atomic E-state index is -3.67. The molecule has 42 heavy (non-hydrogen) atoms. The SMILES string of the molecule is CN(CCCC(=O)N(Cc1cccc(Cl)c1)[C@H](Cc1ccccc1)C(=O)NC1CCCCC1)S(=O)(=O)c1ccccc1. The summed E-state index contributed by atoms with van der Waals surface area (Å²) in [5.74, 6) is -0.370. The van der Waals surface area contributed by atoms with Crippen LogP contribution in [0.15, 0.2) is 89.8 Å². The lowest BCUT2D eigenvalue weighted by molar-refractivity contribution is -0.141. The number of nitrogens with one attached hydrogen (secondary N) is 1. The van der Waals surface area contributed by atoms with E-state index >= 15 is 0 Å². The van der Waals surface area contributed by atoms with Gasteiger partial charge in [0.2, 0.25) is 21.8 Å². The summed E-state index contributed by atoms with van der Waals surface area (Å²) in [4.78, 5) is 29.6. The van der Waals surface area contributed by atoms with Crippen LogP contribution >= 0.6 is 11.6 Å². The monoisotopic (exact) mass is 609 g/mol. The molecule has 1 N–H and O–H groups in total. The predicted molar refractivity (Wildman–Crippen MR) is 166 cm³/mol. The Morgan fingerprint density at radius 3 is 2.21 bits per heavy atom. The molecule has 2 amide bonds. The molecule has 3 aromatic rings. The highest BCUT2D eigenvalue weighted by molar-refractivity contribution is 7.89. The van der Waals surface area contributed by atoms with Gasteiger partial charge in [-0.3, -0.25) is 9.59 Å². The van der Waals surface area contributed by atoms with E-state index in [0.29, 0.717) is 17.9 Å². The van der Waals surface area contributed by atoms with Crippen LogP contribution < -0.4 is 5.32 Å². The average molecular weight is 610 g/mol. The van der Waals surface area contributed by atoms with Gasteiger partial charge in [-0.15, -0.1) is 0 Å². The van der Waals surface area contributed by atoms with Gasteiger partial charge in [0, 0.05) is 44.0 Å². The fraction of sp³-hybridized carbons (Fsp3) is 0.394. The number of halogens is 1. The average Bonchev–Trinajstić information content (AvgIpc) is 3.00. The van der Waals surface area contributed by atoms with Crippen LogP contribution in [0.2, 0.25) is 5.02 Å². The molecule has 0 unspecified atom stereocenters. The van der Waals surface area contributed by atoms with Crippen molar-refractivity contribution in [2.45, 2.75) is 74.9 Å². The van der Waals surface area contributed by atoms with Gasteiger partial charge in [0.05, 0.1) is 4.90 Å². The highest BCUT2D eigenvalue weighted by atomic mass is 35.5. The fourth-order valence-electron chi connectivity index (χ4n) is 5.42. The summed E-state index contributed by atoms with van der Waals surface area (Å²) in [6.45, 7) is 0.388. The van der Waals surface area contributed by atoms with Crippen LogP contribution in [0.3, 0.4) is 0 Å². The van der Waals surface area contributed by atoms with Gasteiger partial charge in [0.25, 0.3) is 0 Å². The maximum absolute atomic E-state index is 13.9. The van der Waals surface area contributed by atoms with Crippen LogP contribution in [0.25, 0.3) is 0 Å². The van der Waals surface area contributed by atoms with Gasteiger partial charge in [-0.2, -0.15) is 0 Å². The van der Waals surface area contributed by atoms with Gasteiger partial charge >= 0.3 is 0 Å². The second-order valence-electron chi connectivity index (χ2n) is 10.9. The first-order valence-corrected chi connectivity index (χ1v) is 16.5. The topological polar surface area (TPSA) is 86.8 Å². The molecule has 4 rings (SSSR count). The van der Waals surface area contributed by atoms with Crippen molar-refractivity contribution in [3.05, 3.63) is 101 Å². The predicted octanol–water partition coefficient (Wildman–Crippen LogP) is 5.83. The summed E-state index contributed by atoms with van der Waals surface area (Å²) in [5, 5.41) is 3.79. The molecule has 0 aromatic heterocycles. The van der Waals surface area contributed by atoms with E-state index in [4.69, 9.17) is 11.6 Å². The second-order valence-corrected chi connectivity index (χ2v) is 13.4. The number of benzene rings is 3. The van der Waals surface area contributed by atoms with Crippen LogP contribution in [0.1, 0.15) is 56.1 Å². The Hall–Kier alpha value is -3.20. The number of rotatable bonds is 13. The van der Waals surface area contributed by atoms with Gasteiger partial charge in [0.15, 0.2) is 0 Å². The van der Waals surface area contributed by atoms with Crippen molar-refractivity contribution >= 4 is 33.4 Å². The van der Waals surface area contributed by atoms with Crippen LogP contribution in [0.5, 0.6) is 0 Å². The van der Waals surface area contributed by atoms with Crippen molar-refractivity contribution in [3.63, 3.8) is 0 Å². The molecule has 1 saturated carbocycles. The van der Waals surface area contributed by atoms with E-state index in [2.05, 4.69) is 5.32 Å². The Morgan fingerprint density at radius 2 is 1.55 bits per heavy atom. The highest BCUT2D eigenvalue weighted by Crippen LogP contribution is 2.22. The molecule has 1 aliphatic rings. The van der Waals surface area contributed by atoms with Crippen LogP contribution in [-0.2, 0) is 32.6 Å². The smallest absolute Gasteiger partial charge is 0.243 e. The molecule has 1 atom stereocenters. The van der Waals surface area contributed by atoms with Crippen LogP contribution in [0.4, 0.5) is 0 Å². The molecule has 0 spiro atoms. The number of carbonyl (C=O) groups is 2. The standard InChI is InChI=1S/C33H40ClN3O4S/c1-36(42(40,41)30-19-9-4-10-20-30)22-12-21-32(38)37(25-27-15-11-16-28(34)23-27)31(24-26-13-5-2-6-14-26)33(39)35-29-17-7-3-8-18-29/h2,4-6,9-11,13-16,19-20,23,29,31H,3,7-8,12,17-18,21-22,24-25H2,1H3,(H,35,39)/t31-/m1/s1. The first-order valence-electron chi connectivity index (χ1n) is 14.6. The third kappa shape index (κ3) is 8.90. The molecule has 224 valence electrons. The second kappa shape index (κ2) is 15.3. The molecule has 0 radical (unpaired) electrons. The zero-order valence-electron chi connectivity index (χ0n) is 24.1. The molecule has 0 aliphatic heterocycles. The molecule has 1 fully saturated rings. The first kappa shape index (κ1) is 31.7. The van der Waals surface area contributed by atoms with Gasteiger partial charge in [-0.1, -0.05) is 91.5 Å². The molecule has 3 aromatic carbocycles. The van der Waals surface area contributed by atoms with E-state index in [0.717, 1.165) is 36.8 Å². The number of sulfonamides is 1. The molecular weight excluding hydrogens is 570 g/mol. The van der Waals surface area contributed by atoms with Gasteiger partial charge in [-0.25, -0.2) is 12.7 Å². The molecule has 0 heterocycles. The van der Waals surface area contributed by atoms with E-state index < -0.39 is 16.1 Å². The zero-order chi connectivity index (χ0) is 30.0. The minimum absolute atomic E-state index is 0.0945. The van der Waals surface area contributed by atoms with Crippen molar-refractivity contribution < 1.29 is 18.0 Å². The van der Waals surface area contributed by atoms with Crippen molar-refractivity contribution in [1.82, 2.24) is 14.5 Å². The van der Waals surface area contributed by atoms with Gasteiger partial charge < -0.3 is 10.2 Å². The quantitative estimate of drug-likeness (QED) is 0.264. The maximum atomic E-state index is 13.9. The Bertz CT molecular complexity index is 1410. The summed E-state index contributed by atoms with van der Waals surface area (Å²) in [6.07, 6.45) is 5.99. The fourth-order valence-corrected chi connectivity index (χ4v) is 6.86. The summed E-state index contributed by atoms with van der Waals surface area (Å²) >= 11 is 6.28. The lowest BCUT2D eigenvalue weighted by Gasteiger charge is -2.33. The molecule has 0 bridgehead atoms. The lowest BCUT2D eigenvalue weighted by Crippen LogP contribution is -2.52. The molecule has 0 saturated heterocycles. The Labute approximate surface area is 254 Å². The van der Waals surface area contributed by atoms with Gasteiger partial charge in [0.1, 0.15) is 6.04 Å². The van der Waals surface area contributed by atoms with E-state index in [1.807, 2.05) is 42.5 Å². The lowest BCUT2D eigenvalue weighted by atomic mass is 9.94. The first-order chi connectivity index (χ1) is 20.2. The van der Waals surface area contributed by atoms with Crippen molar-refractivity contribution in [2.24, 2.45) is 0 Å². The van der Waals surface area contributed by atoms with Crippen LogP contribution in [0, 0.1) is 0 Å². The summed E-state index contributed by atoms with van der Waals surface area (Å²) < 4.78 is 27.2. The van der Waals surface area contributed by atoms with E-state index in [1.165, 1.54) is 17.8 Å². The number of amides is 2. The van der Waals surface area contributed by atoms with Crippen molar-refractivity contribution in [1.29, 1.82) is 0 Å². The van der Waals surface area contributed by atoms with Crippen molar-refractivity contribution in [2.75, 3.05) is 13.6 Å². The third-order valence-corrected chi connectivity index (χ3v) is 9.89. The molecule has 7 nitrogen and oxygen atoms in total. The van der Waals surface area contributed by atoms with E-state index in [1.54, 1.807) is 47.4 Å². The summed E-state index contributed by atoms with van der Waals surface area (Å²) in [5.41, 5.74) is 1.78. The highest BCUT2D eigenvalue weighted by Gasteiger charge is 2.32. The summed E-state index contributed by atoms with van der Waals surface area (Å²) in [7, 11) is -2.15. The van der Waals surface area contributed by atoms with Gasteiger partial charge in [-0.05, 0) is 54.7 Å². The third-order valence-electron chi connectivity index (χ3n) is 7.78. The summed E-state index contributed by atoms with van der Waals surface area (Å²) in [6, 6.07) is 24.6. The number of hydrogen-bond donors (Lipinski definition) is 1. The molecular formula is C33H40ClN3O4S. The number of hydrogen-bond acceptors (Lipinski definition) is 4. The number of carbonyl (C=O) groups excluding carboxylic acids is 2. The Kier molecular flexibility index (Phi) is 11.6. The molecule has 1 aliphatic carbocycles. The van der Waals surface area contributed by atoms with E-state index in [9.17, 15) is 18.0 Å². The zero-order valence-corrected chi connectivity index (χ0v) is 25.7. The normalized spacial score (nSPS) is 14.8. The Morgan fingerprint density at radius 1 is 0.905 bits per heavy atom.